The molecule has 0 unspecified atom stereocenters. The van der Waals surface area contributed by atoms with Gasteiger partial charge in [-0.25, -0.2) is 0 Å². The van der Waals surface area contributed by atoms with Gasteiger partial charge in [-0.3, -0.25) is 9.97 Å². The Balaban J connectivity index is 0.000000640. The molecule has 3 aromatic rings. The van der Waals surface area contributed by atoms with Crippen LogP contribution in [-0.4, -0.2) is 9.97 Å². The van der Waals surface area contributed by atoms with Crippen molar-refractivity contribution >= 4 is 34.2 Å². The standard InChI is InChI=1S/C12H8N2.ClH.Cu/c1-3-9-5-6-10-4-2-8-14-12(10)11(9)13-7-1;;/h1-8H;1H;. The summed E-state index contributed by atoms with van der Waals surface area (Å²) in [6, 6.07) is 12.1. The largest absolute Gasteiger partial charge is 0.254 e. The number of pyridine rings is 2. The number of benzene rings is 1. The molecule has 3 rings (SSSR count). The fraction of sp³-hybridized carbons (Fsp3) is 0. The second kappa shape index (κ2) is 5.26. The predicted octanol–water partition coefficient (Wildman–Crippen LogP) is 3.20. The third kappa shape index (κ3) is 2.02. The third-order valence-electron chi connectivity index (χ3n) is 2.34. The minimum absolute atomic E-state index is 0. The summed E-state index contributed by atoms with van der Waals surface area (Å²) in [4.78, 5) is 8.69. The molecule has 0 N–H and O–H groups in total. The van der Waals surface area contributed by atoms with Crippen LogP contribution >= 0.6 is 12.4 Å². The molecule has 0 atom stereocenters. The van der Waals surface area contributed by atoms with Gasteiger partial charge in [0.15, 0.2) is 0 Å². The van der Waals surface area contributed by atoms with Crippen LogP contribution in [0.1, 0.15) is 0 Å². The van der Waals surface area contributed by atoms with E-state index in [0.717, 1.165) is 21.8 Å². The second-order valence-electron chi connectivity index (χ2n) is 3.22. The molecule has 4 heteroatoms. The maximum Gasteiger partial charge on any atom is 0.0964 e. The first-order valence-electron chi connectivity index (χ1n) is 4.53. The number of fused-ring (bicyclic) bond motifs is 3. The average Bonchev–Trinajstić information content (AvgIpc) is 2.29. The maximum absolute atomic E-state index is 4.35. The summed E-state index contributed by atoms with van der Waals surface area (Å²) in [6.07, 6.45) is 3.60. The van der Waals surface area contributed by atoms with E-state index >= 15 is 0 Å². The Morgan fingerprint density at radius 2 is 1.12 bits per heavy atom. The molecule has 0 aliphatic heterocycles. The summed E-state index contributed by atoms with van der Waals surface area (Å²) < 4.78 is 0. The summed E-state index contributed by atoms with van der Waals surface area (Å²) in [5, 5.41) is 2.28. The van der Waals surface area contributed by atoms with E-state index in [2.05, 4.69) is 34.2 Å². The van der Waals surface area contributed by atoms with Crippen LogP contribution in [0.15, 0.2) is 48.8 Å². The van der Waals surface area contributed by atoms with E-state index < -0.39 is 0 Å². The van der Waals surface area contributed by atoms with Crippen LogP contribution in [0.25, 0.3) is 21.8 Å². The number of nitrogens with zero attached hydrogens (tertiary/aromatic N) is 2. The fourth-order valence-corrected chi connectivity index (χ4v) is 1.68. The zero-order chi connectivity index (χ0) is 9.38. The van der Waals surface area contributed by atoms with Crippen molar-refractivity contribution in [2.45, 2.75) is 0 Å². The molecule has 1 radical (unpaired) electrons. The van der Waals surface area contributed by atoms with Gasteiger partial charge in [0.2, 0.25) is 0 Å². The van der Waals surface area contributed by atoms with Gasteiger partial charge in [0.25, 0.3) is 0 Å². The first-order chi connectivity index (χ1) is 6.95. The molecule has 2 aromatic heterocycles. The van der Waals surface area contributed by atoms with Crippen molar-refractivity contribution in [3.05, 3.63) is 48.8 Å². The van der Waals surface area contributed by atoms with E-state index in [1.54, 1.807) is 12.4 Å². The second-order valence-corrected chi connectivity index (χ2v) is 3.22. The Morgan fingerprint density at radius 3 is 1.56 bits per heavy atom. The van der Waals surface area contributed by atoms with Crippen molar-refractivity contribution in [2.24, 2.45) is 0 Å². The maximum atomic E-state index is 4.35. The van der Waals surface area contributed by atoms with Crippen LogP contribution in [0.2, 0.25) is 0 Å². The SMILES string of the molecule is Cl.[Cu].c1cnc2c(c1)ccc1cccnc12. The topological polar surface area (TPSA) is 25.8 Å². The van der Waals surface area contributed by atoms with Crippen LogP contribution in [-0.2, 0) is 17.1 Å². The van der Waals surface area contributed by atoms with E-state index in [4.69, 9.17) is 0 Å². The summed E-state index contributed by atoms with van der Waals surface area (Å²) in [5.74, 6) is 0. The first-order valence-corrected chi connectivity index (χ1v) is 4.53. The van der Waals surface area contributed by atoms with E-state index in [-0.39, 0.29) is 29.5 Å². The first kappa shape index (κ1) is 12.9. The smallest absolute Gasteiger partial charge is 0.0964 e. The number of hydrogen-bond donors (Lipinski definition) is 0. The Bertz CT molecular complexity index is 558. The van der Waals surface area contributed by atoms with Crippen LogP contribution in [0.4, 0.5) is 0 Å². The molecule has 0 aliphatic rings. The van der Waals surface area contributed by atoms with Crippen LogP contribution in [0.3, 0.4) is 0 Å². The van der Waals surface area contributed by atoms with E-state index in [1.807, 2.05) is 12.1 Å². The predicted molar refractivity (Wildman–Crippen MR) is 64.3 cm³/mol. The van der Waals surface area contributed by atoms with Crippen molar-refractivity contribution in [3.8, 4) is 0 Å². The Morgan fingerprint density at radius 1 is 0.688 bits per heavy atom. The van der Waals surface area contributed by atoms with Gasteiger partial charge in [0.05, 0.1) is 11.0 Å². The number of halogens is 1. The molecule has 0 fully saturated rings. The Labute approximate surface area is 110 Å². The zero-order valence-corrected chi connectivity index (χ0v) is 9.98. The molecule has 0 spiro atoms. The monoisotopic (exact) mass is 279 g/mol. The van der Waals surface area contributed by atoms with Crippen molar-refractivity contribution in [2.75, 3.05) is 0 Å². The van der Waals surface area contributed by atoms with Crippen molar-refractivity contribution in [3.63, 3.8) is 0 Å². The van der Waals surface area contributed by atoms with E-state index in [1.165, 1.54) is 0 Å². The fourth-order valence-electron chi connectivity index (χ4n) is 1.68. The van der Waals surface area contributed by atoms with Crippen molar-refractivity contribution in [1.82, 2.24) is 9.97 Å². The minimum Gasteiger partial charge on any atom is -0.254 e. The van der Waals surface area contributed by atoms with E-state index in [9.17, 15) is 0 Å². The Kier molecular flexibility index (Phi) is 4.25. The van der Waals surface area contributed by atoms with Crippen molar-refractivity contribution in [1.29, 1.82) is 0 Å². The number of rotatable bonds is 0. The number of hydrogen-bond acceptors (Lipinski definition) is 2. The zero-order valence-electron chi connectivity index (χ0n) is 8.22. The molecule has 0 aliphatic carbocycles. The van der Waals surface area contributed by atoms with Gasteiger partial charge in [0, 0.05) is 40.2 Å². The molecular formula is C12H9ClCuN2. The average molecular weight is 280 g/mol. The van der Waals surface area contributed by atoms with Gasteiger partial charge >= 0.3 is 0 Å². The molecule has 0 saturated heterocycles. The van der Waals surface area contributed by atoms with Gasteiger partial charge in [-0.2, -0.15) is 0 Å². The number of aromatic nitrogens is 2. The van der Waals surface area contributed by atoms with Gasteiger partial charge in [-0.15, -0.1) is 12.4 Å². The van der Waals surface area contributed by atoms with Gasteiger partial charge in [-0.05, 0) is 12.1 Å². The van der Waals surface area contributed by atoms with Gasteiger partial charge in [-0.1, -0.05) is 24.3 Å². The normalized spacial score (nSPS) is 9.50. The van der Waals surface area contributed by atoms with Gasteiger partial charge in [0.1, 0.15) is 0 Å². The van der Waals surface area contributed by atoms with Crippen LogP contribution in [0.5, 0.6) is 0 Å². The molecule has 0 saturated carbocycles. The summed E-state index contributed by atoms with van der Waals surface area (Å²) >= 11 is 0. The molecule has 0 amide bonds. The summed E-state index contributed by atoms with van der Waals surface area (Å²) in [6.45, 7) is 0. The molecule has 1 aromatic carbocycles. The minimum atomic E-state index is 0. The Hall–Kier alpha value is -1.15. The molecular weight excluding hydrogens is 271 g/mol. The van der Waals surface area contributed by atoms with Gasteiger partial charge < -0.3 is 0 Å². The van der Waals surface area contributed by atoms with Crippen LogP contribution in [0, 0.1) is 0 Å². The summed E-state index contributed by atoms with van der Waals surface area (Å²) in [5.41, 5.74) is 1.95. The van der Waals surface area contributed by atoms with E-state index in [0.29, 0.717) is 0 Å². The molecule has 0 bridgehead atoms. The van der Waals surface area contributed by atoms with Crippen molar-refractivity contribution < 1.29 is 17.1 Å². The summed E-state index contributed by atoms with van der Waals surface area (Å²) in [7, 11) is 0. The molecule has 2 nitrogen and oxygen atoms in total. The molecule has 2 heterocycles. The third-order valence-corrected chi connectivity index (χ3v) is 2.34. The van der Waals surface area contributed by atoms with Crippen LogP contribution < -0.4 is 0 Å². The molecule has 85 valence electrons. The molecule has 16 heavy (non-hydrogen) atoms. The quantitative estimate of drug-likeness (QED) is 0.467.